The van der Waals surface area contributed by atoms with Crippen molar-refractivity contribution in [3.63, 3.8) is 0 Å². The first-order valence-electron chi connectivity index (χ1n) is 5.68. The maximum atomic E-state index is 9.63. The summed E-state index contributed by atoms with van der Waals surface area (Å²) in [6, 6.07) is 0. The van der Waals surface area contributed by atoms with Gasteiger partial charge in [-0.05, 0) is 27.2 Å². The molecule has 7 nitrogen and oxygen atoms in total. The van der Waals surface area contributed by atoms with Crippen molar-refractivity contribution in [3.05, 3.63) is 0 Å². The molecule has 9 heteroatoms. The lowest BCUT2D eigenvalue weighted by atomic mass is 10.5. The van der Waals surface area contributed by atoms with Crippen LogP contribution >= 0.6 is 15.7 Å². The molecular weight excluding hydrogens is 282 g/mol. The number of hydrogen-bond acceptors (Lipinski definition) is 4. The van der Waals surface area contributed by atoms with E-state index >= 15 is 0 Å². The summed E-state index contributed by atoms with van der Waals surface area (Å²) in [7, 11) is -5.72. The molecule has 0 heterocycles. The van der Waals surface area contributed by atoms with Gasteiger partial charge in [0.15, 0.2) is 0 Å². The zero-order chi connectivity index (χ0) is 14.9. The molecule has 0 aliphatic heterocycles. The lowest BCUT2D eigenvalue weighted by molar-refractivity contribution is 0.187. The Balaban J connectivity index is 0. The molecule has 0 amide bonds. The second-order valence-electron chi connectivity index (χ2n) is 3.63. The van der Waals surface area contributed by atoms with Crippen molar-refractivity contribution in [2.24, 2.45) is 0 Å². The highest BCUT2D eigenvalue weighted by atomic mass is 31.2. The fraction of sp³-hybridized carbons (Fsp3) is 1.00. The van der Waals surface area contributed by atoms with Gasteiger partial charge in [0.25, 0.3) is 0 Å². The van der Waals surface area contributed by atoms with E-state index in [1.54, 1.807) is 0 Å². The summed E-state index contributed by atoms with van der Waals surface area (Å²) in [5.41, 5.74) is 0. The Morgan fingerprint density at radius 3 is 1.11 bits per heavy atom. The summed E-state index contributed by atoms with van der Waals surface area (Å²) in [4.78, 5) is 21.6. The average Bonchev–Trinajstić information content (AvgIpc) is 2.26. The van der Waals surface area contributed by atoms with Crippen molar-refractivity contribution in [2.75, 3.05) is 0 Å². The Bertz CT molecular complexity index is 213. The highest BCUT2D eigenvalue weighted by Crippen LogP contribution is 2.51. The highest BCUT2D eigenvalue weighted by Gasteiger charge is 2.29. The van der Waals surface area contributed by atoms with Gasteiger partial charge in [0.2, 0.25) is 0 Å². The molecule has 0 aromatic rings. The zero-order valence-corrected chi connectivity index (χ0v) is 12.6. The fourth-order valence-corrected chi connectivity index (χ4v) is 3.69. The normalized spacial score (nSPS) is 18.3. The van der Waals surface area contributed by atoms with E-state index in [-0.39, 0.29) is 0 Å². The van der Waals surface area contributed by atoms with Crippen molar-refractivity contribution >= 4 is 15.7 Å². The Hall–Kier alpha value is 0.420. The molecule has 0 aliphatic rings. The van der Waals surface area contributed by atoms with Crippen molar-refractivity contribution in [1.29, 1.82) is 0 Å². The molecule has 6 N–H and O–H groups in total. The van der Waals surface area contributed by atoms with Crippen molar-refractivity contribution in [1.82, 2.24) is 0 Å². The van der Waals surface area contributed by atoms with Crippen LogP contribution in [-0.2, 0) is 4.57 Å². The fourth-order valence-electron chi connectivity index (χ4n) is 1.23. The SMILES string of the molecule is CCC(O)P(C(O)CC)C(O)CC.O=P(O)(O)O. The summed E-state index contributed by atoms with van der Waals surface area (Å²) in [6.07, 6.45) is 1.79. The van der Waals surface area contributed by atoms with Gasteiger partial charge < -0.3 is 30.0 Å². The van der Waals surface area contributed by atoms with Crippen LogP contribution in [0.5, 0.6) is 0 Å². The van der Waals surface area contributed by atoms with Gasteiger partial charge in [-0.2, -0.15) is 0 Å². The van der Waals surface area contributed by atoms with Crippen LogP contribution in [0.1, 0.15) is 40.0 Å². The molecule has 3 unspecified atom stereocenters. The van der Waals surface area contributed by atoms with E-state index in [1.807, 2.05) is 20.8 Å². The van der Waals surface area contributed by atoms with E-state index < -0.39 is 33.3 Å². The van der Waals surface area contributed by atoms with Crippen LogP contribution in [0.2, 0.25) is 0 Å². The number of aliphatic hydroxyl groups is 3. The third kappa shape index (κ3) is 11.5. The van der Waals surface area contributed by atoms with Crippen LogP contribution in [0.15, 0.2) is 0 Å². The topological polar surface area (TPSA) is 138 Å². The van der Waals surface area contributed by atoms with Crippen LogP contribution in [-0.4, -0.2) is 47.5 Å². The zero-order valence-electron chi connectivity index (χ0n) is 10.8. The number of hydrogen-bond donors (Lipinski definition) is 6. The Kier molecular flexibility index (Phi) is 11.8. The van der Waals surface area contributed by atoms with Crippen LogP contribution in [0.25, 0.3) is 0 Å². The summed E-state index contributed by atoms with van der Waals surface area (Å²) >= 11 is 0. The van der Waals surface area contributed by atoms with E-state index in [9.17, 15) is 15.3 Å². The Labute approximate surface area is 108 Å². The van der Waals surface area contributed by atoms with Gasteiger partial charge in [0.1, 0.15) is 0 Å². The smallest absolute Gasteiger partial charge is 0.388 e. The first-order chi connectivity index (χ1) is 8.08. The Morgan fingerprint density at radius 2 is 1.00 bits per heavy atom. The molecule has 112 valence electrons. The number of rotatable bonds is 6. The first kappa shape index (κ1) is 20.7. The number of phosphoric acid groups is 1. The molecule has 3 atom stereocenters. The van der Waals surface area contributed by atoms with Crippen LogP contribution in [0.3, 0.4) is 0 Å². The lowest BCUT2D eigenvalue weighted by Crippen LogP contribution is -2.21. The minimum Gasteiger partial charge on any atom is -0.388 e. The molecule has 18 heavy (non-hydrogen) atoms. The van der Waals surface area contributed by atoms with Gasteiger partial charge in [0, 0.05) is 0 Å². The van der Waals surface area contributed by atoms with E-state index in [4.69, 9.17) is 19.2 Å². The Morgan fingerprint density at radius 1 is 0.833 bits per heavy atom. The van der Waals surface area contributed by atoms with Crippen molar-refractivity contribution in [3.8, 4) is 0 Å². The monoisotopic (exact) mass is 306 g/mol. The molecule has 0 aromatic heterocycles. The van der Waals surface area contributed by atoms with E-state index in [2.05, 4.69) is 0 Å². The second kappa shape index (κ2) is 10.2. The largest absolute Gasteiger partial charge is 0.466 e. The summed E-state index contributed by atoms with van der Waals surface area (Å²) in [6.45, 7) is 5.60. The molecule has 0 aliphatic carbocycles. The molecule has 0 saturated heterocycles. The summed E-state index contributed by atoms with van der Waals surface area (Å²) in [5.74, 6) is -1.63. The van der Waals surface area contributed by atoms with Crippen LogP contribution in [0.4, 0.5) is 0 Å². The third-order valence-electron chi connectivity index (χ3n) is 2.13. The van der Waals surface area contributed by atoms with Crippen molar-refractivity contribution < 1.29 is 34.6 Å². The summed E-state index contributed by atoms with van der Waals surface area (Å²) in [5, 5.41) is 28.9. The molecule has 0 aromatic carbocycles. The van der Waals surface area contributed by atoms with Gasteiger partial charge in [0.05, 0.1) is 17.5 Å². The van der Waals surface area contributed by atoms with E-state index in [0.717, 1.165) is 0 Å². The predicted molar refractivity (Wildman–Crippen MR) is 70.1 cm³/mol. The van der Waals surface area contributed by atoms with Gasteiger partial charge in [-0.15, -0.1) is 0 Å². The minimum absolute atomic E-state index is 0.542. The van der Waals surface area contributed by atoms with Gasteiger partial charge >= 0.3 is 7.82 Å². The second-order valence-corrected chi connectivity index (χ2v) is 7.34. The molecule has 0 bridgehead atoms. The molecule has 0 fully saturated rings. The lowest BCUT2D eigenvalue weighted by Gasteiger charge is -2.30. The van der Waals surface area contributed by atoms with E-state index in [1.165, 1.54) is 0 Å². The standard InChI is InChI=1S/C9H21O3P.H3O4P/c1-4-7(10)13(8(11)5-2)9(12)6-3;1-5(2,3)4/h7-12H,4-6H2,1-3H3;(H3,1,2,3,4). The predicted octanol–water partition coefficient (Wildman–Crippen LogP) is 0.725. The molecule has 0 rings (SSSR count). The number of aliphatic hydroxyl groups excluding tert-OH is 3. The average molecular weight is 306 g/mol. The van der Waals surface area contributed by atoms with Gasteiger partial charge in [-0.25, -0.2) is 4.57 Å². The molecule has 0 radical (unpaired) electrons. The highest BCUT2D eigenvalue weighted by molar-refractivity contribution is 7.59. The van der Waals surface area contributed by atoms with E-state index in [0.29, 0.717) is 19.3 Å². The molecule has 0 saturated carbocycles. The van der Waals surface area contributed by atoms with Gasteiger partial charge in [-0.1, -0.05) is 20.8 Å². The van der Waals surface area contributed by atoms with Gasteiger partial charge in [-0.3, -0.25) is 0 Å². The van der Waals surface area contributed by atoms with Crippen LogP contribution < -0.4 is 0 Å². The minimum atomic E-state index is -4.64. The van der Waals surface area contributed by atoms with Crippen molar-refractivity contribution in [2.45, 2.75) is 57.6 Å². The van der Waals surface area contributed by atoms with Crippen LogP contribution in [0, 0.1) is 0 Å². The quantitative estimate of drug-likeness (QED) is 0.398. The molecular formula is C9H24O7P2. The maximum absolute atomic E-state index is 9.63. The molecule has 0 spiro atoms. The first-order valence-corrected chi connectivity index (χ1v) is 8.79. The third-order valence-corrected chi connectivity index (χ3v) is 5.29. The maximum Gasteiger partial charge on any atom is 0.466 e. The summed E-state index contributed by atoms with van der Waals surface area (Å²) < 4.78 is 8.88.